The van der Waals surface area contributed by atoms with E-state index < -0.39 is 11.1 Å². The van der Waals surface area contributed by atoms with E-state index >= 15 is 0 Å². The fraction of sp³-hybridized carbons (Fsp3) is 0.667. The van der Waals surface area contributed by atoms with Gasteiger partial charge in [-0.05, 0) is 30.7 Å². The Morgan fingerprint density at radius 2 is 1.36 bits per heavy atom. The molecule has 0 radical (unpaired) electrons. The topological polar surface area (TPSA) is 46.5 Å². The van der Waals surface area contributed by atoms with Gasteiger partial charge >= 0.3 is 0 Å². The summed E-state index contributed by atoms with van der Waals surface area (Å²) in [4.78, 5) is 0.409. The van der Waals surface area contributed by atoms with E-state index in [0.29, 0.717) is 4.90 Å². The zero-order valence-corrected chi connectivity index (χ0v) is 14.6. The highest BCUT2D eigenvalue weighted by molar-refractivity contribution is 7.79. The first-order valence-electron chi connectivity index (χ1n) is 8.57. The molecule has 0 aliphatic rings. The Labute approximate surface area is 137 Å². The van der Waals surface area contributed by atoms with Crippen molar-refractivity contribution < 1.29 is 13.5 Å². The zero-order chi connectivity index (χ0) is 16.0. The maximum absolute atomic E-state index is 10.8. The molecule has 1 N–H and O–H groups in total. The fourth-order valence-corrected chi connectivity index (χ4v) is 2.80. The third kappa shape index (κ3) is 9.21. The molecule has 1 unspecified atom stereocenters. The molecule has 4 heteroatoms. The standard InChI is InChI=1S/C18H30O3S/c1-2-3-4-5-6-7-8-9-10-11-16-21-17-12-14-18(15-13-17)22(19)20/h12-15H,2-11,16H2,1H3,(H,19,20). The Bertz CT molecular complexity index is 403. The van der Waals surface area contributed by atoms with E-state index in [2.05, 4.69) is 6.92 Å². The Balaban J connectivity index is 1.94. The highest BCUT2D eigenvalue weighted by Gasteiger charge is 2.00. The summed E-state index contributed by atoms with van der Waals surface area (Å²) in [6, 6.07) is 6.76. The second kappa shape index (κ2) is 12.7. The molecule has 1 aromatic carbocycles. The number of hydrogen-bond acceptors (Lipinski definition) is 2. The fourth-order valence-electron chi connectivity index (χ4n) is 2.43. The van der Waals surface area contributed by atoms with E-state index in [-0.39, 0.29) is 0 Å². The first kappa shape index (κ1) is 19.2. The lowest BCUT2D eigenvalue weighted by molar-refractivity contribution is 0.304. The summed E-state index contributed by atoms with van der Waals surface area (Å²) in [5, 5.41) is 0. The first-order chi connectivity index (χ1) is 10.7. The maximum atomic E-state index is 10.8. The minimum atomic E-state index is -1.91. The molecule has 0 spiro atoms. The van der Waals surface area contributed by atoms with Crippen molar-refractivity contribution in [3.8, 4) is 5.75 Å². The van der Waals surface area contributed by atoms with Gasteiger partial charge in [-0.1, -0.05) is 64.7 Å². The van der Waals surface area contributed by atoms with E-state index in [4.69, 9.17) is 9.29 Å². The van der Waals surface area contributed by atoms with Crippen LogP contribution in [0.15, 0.2) is 29.2 Å². The van der Waals surface area contributed by atoms with Gasteiger partial charge < -0.3 is 9.29 Å². The number of ether oxygens (including phenoxy) is 1. The molecule has 0 aliphatic carbocycles. The molecule has 1 rings (SSSR count). The second-order valence-corrected chi connectivity index (χ2v) is 6.72. The molecule has 0 fully saturated rings. The summed E-state index contributed by atoms with van der Waals surface area (Å²) in [6.45, 7) is 2.97. The van der Waals surface area contributed by atoms with Crippen molar-refractivity contribution >= 4 is 11.1 Å². The van der Waals surface area contributed by atoms with Crippen molar-refractivity contribution in [2.24, 2.45) is 0 Å². The molecule has 126 valence electrons. The van der Waals surface area contributed by atoms with Crippen molar-refractivity contribution in [1.82, 2.24) is 0 Å². The average molecular weight is 327 g/mol. The Hall–Kier alpha value is -0.870. The predicted molar refractivity (Wildman–Crippen MR) is 92.8 cm³/mol. The number of rotatable bonds is 13. The van der Waals surface area contributed by atoms with Crippen LogP contribution < -0.4 is 4.74 Å². The lowest BCUT2D eigenvalue weighted by atomic mass is 10.1. The highest BCUT2D eigenvalue weighted by Crippen LogP contribution is 2.15. The molecule has 1 atom stereocenters. The van der Waals surface area contributed by atoms with Crippen molar-refractivity contribution in [2.75, 3.05) is 6.61 Å². The molecule has 0 aliphatic heterocycles. The normalized spacial score (nSPS) is 12.3. The van der Waals surface area contributed by atoms with Gasteiger partial charge in [0.25, 0.3) is 0 Å². The van der Waals surface area contributed by atoms with Crippen molar-refractivity contribution in [3.05, 3.63) is 24.3 Å². The number of unbranched alkanes of at least 4 members (excludes halogenated alkanes) is 9. The molecular formula is C18H30O3S. The van der Waals surface area contributed by atoms with E-state index in [0.717, 1.165) is 18.8 Å². The largest absolute Gasteiger partial charge is 0.494 e. The second-order valence-electron chi connectivity index (χ2n) is 5.75. The number of benzene rings is 1. The summed E-state index contributed by atoms with van der Waals surface area (Å²) < 4.78 is 25.4. The van der Waals surface area contributed by atoms with Crippen LogP contribution in [0.4, 0.5) is 0 Å². The first-order valence-corrected chi connectivity index (χ1v) is 9.68. The summed E-state index contributed by atoms with van der Waals surface area (Å²) >= 11 is -1.91. The van der Waals surface area contributed by atoms with Crippen LogP contribution in [0.25, 0.3) is 0 Å². The van der Waals surface area contributed by atoms with Gasteiger partial charge in [-0.3, -0.25) is 0 Å². The van der Waals surface area contributed by atoms with Crippen LogP contribution in [-0.4, -0.2) is 15.4 Å². The molecule has 0 saturated heterocycles. The van der Waals surface area contributed by atoms with Crippen LogP contribution in [0.1, 0.15) is 71.1 Å². The van der Waals surface area contributed by atoms with Gasteiger partial charge in [-0.25, -0.2) is 4.21 Å². The van der Waals surface area contributed by atoms with Crippen LogP contribution >= 0.6 is 0 Å². The highest BCUT2D eigenvalue weighted by atomic mass is 32.2. The van der Waals surface area contributed by atoms with Gasteiger partial charge in [0, 0.05) is 0 Å². The lowest BCUT2D eigenvalue weighted by Crippen LogP contribution is -1.97. The lowest BCUT2D eigenvalue weighted by Gasteiger charge is -2.06. The van der Waals surface area contributed by atoms with E-state index in [1.807, 2.05) is 0 Å². The van der Waals surface area contributed by atoms with Crippen molar-refractivity contribution in [2.45, 2.75) is 76.0 Å². The van der Waals surface area contributed by atoms with Gasteiger partial charge in [0.1, 0.15) is 5.75 Å². The minimum absolute atomic E-state index is 0.409. The minimum Gasteiger partial charge on any atom is -0.494 e. The van der Waals surface area contributed by atoms with E-state index in [9.17, 15) is 4.21 Å². The Morgan fingerprint density at radius 1 is 0.864 bits per heavy atom. The van der Waals surface area contributed by atoms with Gasteiger partial charge in [0.15, 0.2) is 11.1 Å². The Morgan fingerprint density at radius 3 is 1.86 bits per heavy atom. The van der Waals surface area contributed by atoms with Gasteiger partial charge in [-0.2, -0.15) is 0 Å². The van der Waals surface area contributed by atoms with Gasteiger partial charge in [0.2, 0.25) is 0 Å². The maximum Gasteiger partial charge on any atom is 0.186 e. The molecular weight excluding hydrogens is 296 g/mol. The predicted octanol–water partition coefficient (Wildman–Crippen LogP) is 5.57. The van der Waals surface area contributed by atoms with Gasteiger partial charge in [0.05, 0.1) is 11.5 Å². The van der Waals surface area contributed by atoms with Crippen LogP contribution in [0.5, 0.6) is 5.75 Å². The third-order valence-corrected chi connectivity index (χ3v) is 4.47. The smallest absolute Gasteiger partial charge is 0.186 e. The average Bonchev–Trinajstić information content (AvgIpc) is 2.53. The van der Waals surface area contributed by atoms with Crippen LogP contribution in [-0.2, 0) is 11.1 Å². The van der Waals surface area contributed by atoms with Crippen LogP contribution in [0.2, 0.25) is 0 Å². The Kier molecular flexibility index (Phi) is 11.0. The van der Waals surface area contributed by atoms with Crippen molar-refractivity contribution in [3.63, 3.8) is 0 Å². The van der Waals surface area contributed by atoms with E-state index in [1.54, 1.807) is 24.3 Å². The molecule has 1 aromatic rings. The van der Waals surface area contributed by atoms with Crippen LogP contribution in [0.3, 0.4) is 0 Å². The summed E-state index contributed by atoms with van der Waals surface area (Å²) in [7, 11) is 0. The van der Waals surface area contributed by atoms with E-state index in [1.165, 1.54) is 57.8 Å². The molecule has 22 heavy (non-hydrogen) atoms. The molecule has 0 amide bonds. The number of hydrogen-bond donors (Lipinski definition) is 1. The third-order valence-electron chi connectivity index (χ3n) is 3.79. The van der Waals surface area contributed by atoms with Crippen LogP contribution in [0, 0.1) is 0 Å². The summed E-state index contributed by atoms with van der Waals surface area (Å²) in [6.07, 6.45) is 13.2. The molecule has 0 saturated carbocycles. The van der Waals surface area contributed by atoms with Crippen molar-refractivity contribution in [1.29, 1.82) is 0 Å². The molecule has 0 aromatic heterocycles. The summed E-state index contributed by atoms with van der Waals surface area (Å²) in [5.41, 5.74) is 0. The quantitative estimate of drug-likeness (QED) is 0.381. The molecule has 0 bridgehead atoms. The van der Waals surface area contributed by atoms with Gasteiger partial charge in [-0.15, -0.1) is 0 Å². The SMILES string of the molecule is CCCCCCCCCCCCOc1ccc(S(=O)O)cc1. The molecule has 3 nitrogen and oxygen atoms in total. The summed E-state index contributed by atoms with van der Waals surface area (Å²) in [5.74, 6) is 0.769. The zero-order valence-electron chi connectivity index (χ0n) is 13.8. The monoisotopic (exact) mass is 326 g/mol. The molecule has 0 heterocycles.